The number of anilines is 1. The van der Waals surface area contributed by atoms with E-state index in [0.717, 1.165) is 18.9 Å². The molecule has 2 N–H and O–H groups in total. The highest BCUT2D eigenvalue weighted by molar-refractivity contribution is 5.70. The Labute approximate surface area is 120 Å². The van der Waals surface area contributed by atoms with Gasteiger partial charge in [0, 0.05) is 17.8 Å². The van der Waals surface area contributed by atoms with Crippen LogP contribution in [0, 0.1) is 21.4 Å². The molecule has 0 spiro atoms. The van der Waals surface area contributed by atoms with Crippen molar-refractivity contribution < 1.29 is 14.8 Å². The topological polar surface area (TPSA) is 129 Å². The van der Waals surface area contributed by atoms with Gasteiger partial charge in [0.25, 0.3) is 0 Å². The van der Waals surface area contributed by atoms with Gasteiger partial charge in [-0.05, 0) is 12.8 Å². The van der Waals surface area contributed by atoms with E-state index in [9.17, 15) is 14.9 Å². The number of pyridine rings is 1. The smallest absolute Gasteiger partial charge is 0.312 e. The fraction of sp³-hybridized carbons (Fsp3) is 0.462. The molecule has 1 aliphatic rings. The second-order valence-electron chi connectivity index (χ2n) is 5.14. The number of rotatable bonds is 5. The van der Waals surface area contributed by atoms with Crippen molar-refractivity contribution in [2.45, 2.75) is 37.6 Å². The number of aromatic nitrogens is 1. The quantitative estimate of drug-likeness (QED) is 0.627. The van der Waals surface area contributed by atoms with Gasteiger partial charge in [-0.3, -0.25) is 14.9 Å². The van der Waals surface area contributed by atoms with Gasteiger partial charge in [0.15, 0.2) is 0 Å². The molecule has 0 aliphatic heterocycles. The summed E-state index contributed by atoms with van der Waals surface area (Å²) in [6.45, 7) is 0. The molecule has 8 heteroatoms. The molecular weight excluding hydrogens is 276 g/mol. The van der Waals surface area contributed by atoms with E-state index >= 15 is 0 Å². The highest BCUT2D eigenvalue weighted by Gasteiger charge is 2.38. The molecule has 0 saturated heterocycles. The molecule has 2 rings (SSSR count). The van der Waals surface area contributed by atoms with Gasteiger partial charge in [-0.1, -0.05) is 12.8 Å². The van der Waals surface area contributed by atoms with Crippen molar-refractivity contribution in [2.24, 2.45) is 0 Å². The van der Waals surface area contributed by atoms with Crippen LogP contribution in [0.2, 0.25) is 0 Å². The van der Waals surface area contributed by atoms with E-state index in [0.29, 0.717) is 12.8 Å². The number of nitrogens with zero attached hydrogens (tertiary/aromatic N) is 3. The largest absolute Gasteiger partial charge is 0.481 e. The predicted octanol–water partition coefficient (Wildman–Crippen LogP) is 2.06. The number of hydrogen-bond acceptors (Lipinski definition) is 6. The summed E-state index contributed by atoms with van der Waals surface area (Å²) in [5.74, 6) is -0.942. The highest BCUT2D eigenvalue weighted by Crippen LogP contribution is 2.37. The fourth-order valence-electron chi connectivity index (χ4n) is 2.69. The van der Waals surface area contributed by atoms with Crippen LogP contribution in [-0.2, 0) is 4.79 Å². The molecule has 8 nitrogen and oxygen atoms in total. The number of nitro groups is 1. The summed E-state index contributed by atoms with van der Waals surface area (Å²) in [5, 5.41) is 31.9. The Hall–Kier alpha value is -2.69. The van der Waals surface area contributed by atoms with Gasteiger partial charge in [-0.15, -0.1) is 0 Å². The Balaban J connectivity index is 2.35. The average Bonchev–Trinajstić information content (AvgIpc) is 2.86. The molecular formula is C13H14N4O4. The first-order chi connectivity index (χ1) is 9.96. The molecule has 0 radical (unpaired) electrons. The maximum atomic E-state index is 11.1. The van der Waals surface area contributed by atoms with Crippen LogP contribution in [0.15, 0.2) is 12.3 Å². The second-order valence-corrected chi connectivity index (χ2v) is 5.14. The minimum Gasteiger partial charge on any atom is -0.481 e. The summed E-state index contributed by atoms with van der Waals surface area (Å²) < 4.78 is 0. The monoisotopic (exact) mass is 290 g/mol. The van der Waals surface area contributed by atoms with Crippen molar-refractivity contribution >= 4 is 17.5 Å². The second kappa shape index (κ2) is 5.75. The standard InChI is InChI=1S/C13H14N4O4/c14-7-9-5-10(17(20)21)12(15-8-9)16-13(6-11(18)19)3-1-2-4-13/h5,8H,1-4,6H2,(H,15,16)(H,18,19). The molecule has 1 aromatic rings. The van der Waals surface area contributed by atoms with E-state index in [1.807, 2.05) is 0 Å². The molecule has 0 amide bonds. The van der Waals surface area contributed by atoms with Gasteiger partial charge >= 0.3 is 11.7 Å². The van der Waals surface area contributed by atoms with Gasteiger partial charge in [0.1, 0.15) is 6.07 Å². The third-order valence-electron chi connectivity index (χ3n) is 3.63. The maximum Gasteiger partial charge on any atom is 0.312 e. The number of nitrogens with one attached hydrogen (secondary N) is 1. The normalized spacial score (nSPS) is 16.1. The first-order valence-electron chi connectivity index (χ1n) is 6.50. The van der Waals surface area contributed by atoms with Crippen molar-refractivity contribution in [3.63, 3.8) is 0 Å². The van der Waals surface area contributed by atoms with Crippen LogP contribution in [0.1, 0.15) is 37.7 Å². The van der Waals surface area contributed by atoms with E-state index in [1.54, 1.807) is 6.07 Å². The zero-order valence-electron chi connectivity index (χ0n) is 11.2. The number of hydrogen-bond donors (Lipinski definition) is 2. The summed E-state index contributed by atoms with van der Waals surface area (Å²) in [4.78, 5) is 25.4. The lowest BCUT2D eigenvalue weighted by Gasteiger charge is -2.29. The predicted molar refractivity (Wildman–Crippen MR) is 72.7 cm³/mol. The number of carboxylic acid groups (broad SMARTS) is 1. The molecule has 21 heavy (non-hydrogen) atoms. The summed E-state index contributed by atoms with van der Waals surface area (Å²) in [6, 6.07) is 2.93. The molecule has 1 heterocycles. The molecule has 1 saturated carbocycles. The Kier molecular flexibility index (Phi) is 4.03. The Morgan fingerprint density at radius 2 is 2.24 bits per heavy atom. The van der Waals surface area contributed by atoms with Gasteiger partial charge in [0.2, 0.25) is 5.82 Å². The minimum absolute atomic E-state index is 0.0159. The van der Waals surface area contributed by atoms with Crippen molar-refractivity contribution in [1.29, 1.82) is 5.26 Å². The van der Waals surface area contributed by atoms with Crippen molar-refractivity contribution in [2.75, 3.05) is 5.32 Å². The van der Waals surface area contributed by atoms with Crippen molar-refractivity contribution in [3.8, 4) is 6.07 Å². The van der Waals surface area contributed by atoms with Crippen LogP contribution >= 0.6 is 0 Å². The zero-order chi connectivity index (χ0) is 15.5. The molecule has 0 aromatic carbocycles. The van der Waals surface area contributed by atoms with Crippen LogP contribution in [0.5, 0.6) is 0 Å². The molecule has 0 bridgehead atoms. The fourth-order valence-corrected chi connectivity index (χ4v) is 2.69. The highest BCUT2D eigenvalue weighted by atomic mass is 16.6. The maximum absolute atomic E-state index is 11.1. The number of carboxylic acids is 1. The molecule has 110 valence electrons. The molecule has 1 aliphatic carbocycles. The summed E-state index contributed by atoms with van der Waals surface area (Å²) in [5.41, 5.74) is -0.936. The zero-order valence-corrected chi connectivity index (χ0v) is 11.2. The average molecular weight is 290 g/mol. The van der Waals surface area contributed by atoms with E-state index < -0.39 is 16.4 Å². The number of nitriles is 1. The van der Waals surface area contributed by atoms with Crippen LogP contribution < -0.4 is 5.32 Å². The number of aliphatic carboxylic acids is 1. The van der Waals surface area contributed by atoms with E-state index in [1.165, 1.54) is 6.20 Å². The lowest BCUT2D eigenvalue weighted by Crippen LogP contribution is -2.38. The Morgan fingerprint density at radius 3 is 2.76 bits per heavy atom. The number of carbonyl (C=O) groups is 1. The first kappa shape index (κ1) is 14.7. The minimum atomic E-state index is -0.958. The van der Waals surface area contributed by atoms with Crippen LogP contribution in [0.25, 0.3) is 0 Å². The van der Waals surface area contributed by atoms with Gasteiger partial charge in [0.05, 0.1) is 16.9 Å². The van der Waals surface area contributed by atoms with Gasteiger partial charge in [-0.2, -0.15) is 5.26 Å². The van der Waals surface area contributed by atoms with Gasteiger partial charge < -0.3 is 10.4 Å². The summed E-state index contributed by atoms with van der Waals surface area (Å²) in [7, 11) is 0. The van der Waals surface area contributed by atoms with Crippen LogP contribution in [-0.4, -0.2) is 26.5 Å². The molecule has 0 atom stereocenters. The lowest BCUT2D eigenvalue weighted by molar-refractivity contribution is -0.384. The van der Waals surface area contributed by atoms with Crippen molar-refractivity contribution in [1.82, 2.24) is 4.98 Å². The summed E-state index contributed by atoms with van der Waals surface area (Å²) in [6.07, 6.45) is 4.09. The van der Waals surface area contributed by atoms with Crippen molar-refractivity contribution in [3.05, 3.63) is 27.9 Å². The molecule has 1 aromatic heterocycles. The third-order valence-corrected chi connectivity index (χ3v) is 3.63. The Morgan fingerprint density at radius 1 is 1.57 bits per heavy atom. The van der Waals surface area contributed by atoms with E-state index in [4.69, 9.17) is 10.4 Å². The third kappa shape index (κ3) is 3.25. The van der Waals surface area contributed by atoms with Crippen LogP contribution in [0.4, 0.5) is 11.5 Å². The van der Waals surface area contributed by atoms with E-state index in [-0.39, 0.29) is 23.5 Å². The van der Waals surface area contributed by atoms with Crippen LogP contribution in [0.3, 0.4) is 0 Å². The van der Waals surface area contributed by atoms with E-state index in [2.05, 4.69) is 10.3 Å². The molecule has 0 unspecified atom stereocenters. The summed E-state index contributed by atoms with van der Waals surface area (Å²) >= 11 is 0. The van der Waals surface area contributed by atoms with Gasteiger partial charge in [-0.25, -0.2) is 4.98 Å². The Bertz CT molecular complexity index is 617. The molecule has 1 fully saturated rings. The lowest BCUT2D eigenvalue weighted by atomic mass is 9.93. The first-order valence-corrected chi connectivity index (χ1v) is 6.50. The SMILES string of the molecule is N#Cc1cnc(NC2(CC(=O)O)CCCC2)c([N+](=O)[O-])c1.